The molecule has 116 valence electrons. The molecule has 0 radical (unpaired) electrons. The zero-order valence-corrected chi connectivity index (χ0v) is 14.6. The van der Waals surface area contributed by atoms with Crippen LogP contribution in [0, 0.1) is 5.92 Å². The van der Waals surface area contributed by atoms with Gasteiger partial charge in [0.25, 0.3) is 5.91 Å². The van der Waals surface area contributed by atoms with Crippen molar-refractivity contribution in [3.63, 3.8) is 0 Å². The third-order valence-corrected chi connectivity index (χ3v) is 4.39. The number of rotatable bonds is 4. The first-order valence-electron chi connectivity index (χ1n) is 7.29. The van der Waals surface area contributed by atoms with Crippen molar-refractivity contribution in [2.75, 3.05) is 39.0 Å². The molecule has 0 saturated carbocycles. The van der Waals surface area contributed by atoms with Gasteiger partial charge in [0.05, 0.1) is 5.56 Å². The number of pyridine rings is 1. The second-order valence-corrected chi connectivity index (χ2v) is 6.71. The van der Waals surface area contributed by atoms with Gasteiger partial charge in [0.2, 0.25) is 0 Å². The van der Waals surface area contributed by atoms with Gasteiger partial charge in [-0.15, -0.1) is 0 Å². The minimum atomic E-state index is 0.0518. The smallest absolute Gasteiger partial charge is 0.257 e. The van der Waals surface area contributed by atoms with Crippen LogP contribution in [-0.4, -0.2) is 60.5 Å². The minimum absolute atomic E-state index is 0.0518. The molecule has 1 amide bonds. The van der Waals surface area contributed by atoms with Crippen LogP contribution in [0.25, 0.3) is 0 Å². The van der Waals surface area contributed by atoms with Crippen LogP contribution in [-0.2, 0) is 0 Å². The Morgan fingerprint density at radius 3 is 2.81 bits per heavy atom. The molecule has 2 heterocycles. The molecule has 1 aliphatic heterocycles. The summed E-state index contributed by atoms with van der Waals surface area (Å²) in [6, 6.07) is 2.26. The van der Waals surface area contributed by atoms with Crippen LogP contribution in [0.5, 0.6) is 0 Å². The molecule has 1 saturated heterocycles. The fourth-order valence-electron chi connectivity index (χ4n) is 2.87. The summed E-state index contributed by atoms with van der Waals surface area (Å²) >= 11 is 3.40. The topological polar surface area (TPSA) is 48.5 Å². The van der Waals surface area contributed by atoms with Gasteiger partial charge in [-0.2, -0.15) is 0 Å². The van der Waals surface area contributed by atoms with E-state index in [9.17, 15) is 4.79 Å². The van der Waals surface area contributed by atoms with Crippen LogP contribution in [0.3, 0.4) is 0 Å². The molecule has 1 aromatic heterocycles. The summed E-state index contributed by atoms with van der Waals surface area (Å²) in [6.07, 6.45) is 1.71. The number of nitrogens with zero attached hydrogens (tertiary/aromatic N) is 3. The molecule has 2 atom stereocenters. The molecule has 2 rings (SSSR count). The molecule has 2 unspecified atom stereocenters. The van der Waals surface area contributed by atoms with Crippen LogP contribution in [0.1, 0.15) is 24.2 Å². The van der Waals surface area contributed by atoms with Crippen molar-refractivity contribution < 1.29 is 4.79 Å². The number of aromatic nitrogens is 1. The van der Waals surface area contributed by atoms with Gasteiger partial charge in [-0.05, 0) is 48.9 Å². The van der Waals surface area contributed by atoms with E-state index in [1.165, 1.54) is 0 Å². The highest BCUT2D eigenvalue weighted by atomic mass is 79.9. The van der Waals surface area contributed by atoms with Crippen LogP contribution in [0.4, 0.5) is 5.82 Å². The number of hydrogen-bond donors (Lipinski definition) is 1. The average Bonchev–Trinajstić information content (AvgIpc) is 2.82. The van der Waals surface area contributed by atoms with Crippen molar-refractivity contribution in [1.82, 2.24) is 14.8 Å². The number of nitrogens with one attached hydrogen (secondary N) is 1. The third kappa shape index (κ3) is 3.55. The highest BCUT2D eigenvalue weighted by Crippen LogP contribution is 2.25. The monoisotopic (exact) mass is 354 g/mol. The molecule has 0 bridgehead atoms. The largest absolute Gasteiger partial charge is 0.370 e. The second-order valence-electron chi connectivity index (χ2n) is 5.80. The van der Waals surface area contributed by atoms with Crippen molar-refractivity contribution in [3.8, 4) is 0 Å². The first kappa shape index (κ1) is 16.2. The van der Waals surface area contributed by atoms with E-state index in [2.05, 4.69) is 52.1 Å². The van der Waals surface area contributed by atoms with Gasteiger partial charge in [-0.25, -0.2) is 4.98 Å². The lowest BCUT2D eigenvalue weighted by molar-refractivity contribution is 0.0782. The van der Waals surface area contributed by atoms with Crippen LogP contribution < -0.4 is 5.32 Å². The third-order valence-electron chi connectivity index (χ3n) is 3.95. The van der Waals surface area contributed by atoms with Crippen LogP contribution >= 0.6 is 15.9 Å². The number of carbonyl (C=O) groups excluding carboxylic acids is 1. The van der Waals surface area contributed by atoms with Crippen molar-refractivity contribution in [1.29, 1.82) is 0 Å². The maximum Gasteiger partial charge on any atom is 0.257 e. The molecule has 5 nitrogen and oxygen atoms in total. The average molecular weight is 355 g/mol. The lowest BCUT2D eigenvalue weighted by Crippen LogP contribution is -2.36. The lowest BCUT2D eigenvalue weighted by Gasteiger charge is -2.22. The Morgan fingerprint density at radius 1 is 1.52 bits per heavy atom. The molecule has 0 aliphatic carbocycles. The van der Waals surface area contributed by atoms with Gasteiger partial charge in [-0.1, -0.05) is 6.92 Å². The van der Waals surface area contributed by atoms with E-state index in [-0.39, 0.29) is 5.91 Å². The molecule has 1 aromatic rings. The summed E-state index contributed by atoms with van der Waals surface area (Å²) < 4.78 is 0.823. The molecule has 0 spiro atoms. The first-order chi connectivity index (χ1) is 9.93. The minimum Gasteiger partial charge on any atom is -0.370 e. The lowest BCUT2D eigenvalue weighted by atomic mass is 10.1. The van der Waals surface area contributed by atoms with Gasteiger partial charge in [0.15, 0.2) is 0 Å². The fraction of sp³-hybridized carbons (Fsp3) is 0.600. The van der Waals surface area contributed by atoms with Crippen molar-refractivity contribution >= 4 is 27.7 Å². The first-order valence-corrected chi connectivity index (χ1v) is 8.08. The SMILES string of the molecule is CCNc1ncc(Br)cc1C(=O)N1CC(C)C(N(C)C)C1. The molecule has 6 heteroatoms. The Balaban J connectivity index is 2.23. The number of amides is 1. The Hall–Kier alpha value is -1.14. The van der Waals surface area contributed by atoms with E-state index in [1.54, 1.807) is 6.20 Å². The van der Waals surface area contributed by atoms with Gasteiger partial charge in [-0.3, -0.25) is 4.79 Å². The molecular weight excluding hydrogens is 332 g/mol. The number of anilines is 1. The van der Waals surface area contributed by atoms with Crippen molar-refractivity contribution in [2.45, 2.75) is 19.9 Å². The van der Waals surface area contributed by atoms with Crippen molar-refractivity contribution in [2.24, 2.45) is 5.92 Å². The summed E-state index contributed by atoms with van der Waals surface area (Å²) in [6.45, 7) is 6.50. The predicted molar refractivity (Wildman–Crippen MR) is 88.6 cm³/mol. The van der Waals surface area contributed by atoms with E-state index < -0.39 is 0 Å². The van der Waals surface area contributed by atoms with Gasteiger partial charge < -0.3 is 15.1 Å². The fourth-order valence-corrected chi connectivity index (χ4v) is 3.20. The number of carbonyl (C=O) groups is 1. The number of likely N-dealkylation sites (N-methyl/N-ethyl adjacent to an activating group) is 1. The molecule has 1 N–H and O–H groups in total. The highest BCUT2D eigenvalue weighted by Gasteiger charge is 2.34. The number of halogens is 1. The van der Waals surface area contributed by atoms with Gasteiger partial charge >= 0.3 is 0 Å². The normalized spacial score (nSPS) is 21.9. The second kappa shape index (κ2) is 6.75. The highest BCUT2D eigenvalue weighted by molar-refractivity contribution is 9.10. The zero-order chi connectivity index (χ0) is 15.6. The van der Waals surface area contributed by atoms with Gasteiger partial charge in [0.1, 0.15) is 5.82 Å². The molecule has 1 fully saturated rings. The molecular formula is C15H23BrN4O. The van der Waals surface area contributed by atoms with Crippen LogP contribution in [0.2, 0.25) is 0 Å². The maximum absolute atomic E-state index is 12.8. The van der Waals surface area contributed by atoms with E-state index in [1.807, 2.05) is 17.9 Å². The quantitative estimate of drug-likeness (QED) is 0.901. The Morgan fingerprint density at radius 2 is 2.24 bits per heavy atom. The van der Waals surface area contributed by atoms with E-state index in [0.717, 1.165) is 24.1 Å². The molecule has 21 heavy (non-hydrogen) atoms. The summed E-state index contributed by atoms with van der Waals surface area (Å²) in [5.41, 5.74) is 0.637. The Kier molecular flexibility index (Phi) is 5.22. The Bertz CT molecular complexity index is 520. The standard InChI is InChI=1S/C15H23BrN4O/c1-5-17-14-12(6-11(16)7-18-14)15(21)20-8-10(2)13(9-20)19(3)4/h6-7,10,13H,5,8-9H2,1-4H3,(H,17,18). The Labute approximate surface area is 134 Å². The maximum atomic E-state index is 12.8. The number of hydrogen-bond acceptors (Lipinski definition) is 4. The van der Waals surface area contributed by atoms with E-state index in [4.69, 9.17) is 0 Å². The van der Waals surface area contributed by atoms with Crippen molar-refractivity contribution in [3.05, 3.63) is 22.3 Å². The molecule has 1 aliphatic rings. The van der Waals surface area contributed by atoms with E-state index in [0.29, 0.717) is 23.3 Å². The van der Waals surface area contributed by atoms with Gasteiger partial charge in [0, 0.05) is 36.3 Å². The number of likely N-dealkylation sites (tertiary alicyclic amines) is 1. The molecule has 0 aromatic carbocycles. The summed E-state index contributed by atoms with van der Waals surface area (Å²) in [4.78, 5) is 21.3. The predicted octanol–water partition coefficient (Wildman–Crippen LogP) is 2.30. The van der Waals surface area contributed by atoms with E-state index >= 15 is 0 Å². The summed E-state index contributed by atoms with van der Waals surface area (Å²) in [7, 11) is 4.14. The summed E-state index contributed by atoms with van der Waals surface area (Å²) in [5, 5.41) is 3.16. The van der Waals surface area contributed by atoms with Crippen LogP contribution in [0.15, 0.2) is 16.7 Å². The summed E-state index contributed by atoms with van der Waals surface area (Å²) in [5.74, 6) is 1.19. The zero-order valence-electron chi connectivity index (χ0n) is 13.1.